The Hall–Kier alpha value is -3.32. The molecule has 1 unspecified atom stereocenters. The Morgan fingerprint density at radius 2 is 1.11 bits per heavy atom. The van der Waals surface area contributed by atoms with Crippen LogP contribution in [0.1, 0.15) is 22.3 Å². The first-order chi connectivity index (χ1) is 13.3. The Labute approximate surface area is 158 Å². The van der Waals surface area contributed by atoms with E-state index >= 15 is 0 Å². The van der Waals surface area contributed by atoms with Gasteiger partial charge >= 0.3 is 0 Å². The fourth-order valence-corrected chi connectivity index (χ4v) is 4.78. The van der Waals surface area contributed by atoms with Crippen molar-refractivity contribution in [3.8, 4) is 28.0 Å². The Morgan fingerprint density at radius 1 is 0.556 bits per heavy atom. The van der Waals surface area contributed by atoms with Gasteiger partial charge in [0.1, 0.15) is 5.75 Å². The van der Waals surface area contributed by atoms with Gasteiger partial charge in [0.2, 0.25) is 0 Å². The summed E-state index contributed by atoms with van der Waals surface area (Å²) in [5.41, 5.74) is 9.30. The smallest absolute Gasteiger partial charge is 0.186 e. The maximum Gasteiger partial charge on any atom is 0.186 e. The highest BCUT2D eigenvalue weighted by Gasteiger charge is 2.50. The quantitative estimate of drug-likeness (QED) is 0.362. The van der Waals surface area contributed by atoms with Gasteiger partial charge < -0.3 is 4.74 Å². The van der Waals surface area contributed by atoms with Crippen LogP contribution in [0.4, 0.5) is 0 Å². The van der Waals surface area contributed by atoms with Crippen molar-refractivity contribution in [1.29, 1.82) is 0 Å². The molecular formula is C26H18O. The third kappa shape index (κ3) is 1.79. The lowest BCUT2D eigenvalue weighted by atomic mass is 9.77. The van der Waals surface area contributed by atoms with Crippen molar-refractivity contribution in [2.24, 2.45) is 0 Å². The van der Waals surface area contributed by atoms with Gasteiger partial charge in [0.05, 0.1) is 0 Å². The van der Waals surface area contributed by atoms with Crippen molar-refractivity contribution < 1.29 is 4.74 Å². The van der Waals surface area contributed by atoms with Crippen LogP contribution in [0.3, 0.4) is 0 Å². The predicted octanol–water partition coefficient (Wildman–Crippen LogP) is 6.33. The summed E-state index contributed by atoms with van der Waals surface area (Å²) < 4.78 is 6.91. The third-order valence-electron chi connectivity index (χ3n) is 5.90. The van der Waals surface area contributed by atoms with Gasteiger partial charge in [-0.25, -0.2) is 0 Å². The minimum Gasteiger partial charge on any atom is -0.472 e. The Balaban J connectivity index is 1.79. The van der Waals surface area contributed by atoms with E-state index in [1.165, 1.54) is 38.9 Å². The third-order valence-corrected chi connectivity index (χ3v) is 5.90. The number of hydrogen-bond acceptors (Lipinski definition) is 1. The van der Waals surface area contributed by atoms with Crippen LogP contribution in [0.2, 0.25) is 0 Å². The van der Waals surface area contributed by atoms with Crippen LogP contribution in [-0.4, -0.2) is 0 Å². The lowest BCUT2D eigenvalue weighted by molar-refractivity contribution is 0.157. The highest BCUT2D eigenvalue weighted by atomic mass is 16.5. The van der Waals surface area contributed by atoms with E-state index in [9.17, 15) is 0 Å². The van der Waals surface area contributed by atoms with Crippen molar-refractivity contribution in [1.82, 2.24) is 0 Å². The lowest BCUT2D eigenvalue weighted by Crippen LogP contribution is -2.36. The molecule has 0 N–H and O–H groups in total. The first kappa shape index (κ1) is 14.8. The highest BCUT2D eigenvalue weighted by Crippen LogP contribution is 2.58. The molecule has 27 heavy (non-hydrogen) atoms. The Morgan fingerprint density at radius 3 is 1.85 bits per heavy atom. The summed E-state index contributed by atoms with van der Waals surface area (Å²) in [5.74, 6) is 0.945. The number of benzene rings is 4. The zero-order valence-corrected chi connectivity index (χ0v) is 15.1. The minimum atomic E-state index is -0.594. The van der Waals surface area contributed by atoms with Gasteiger partial charge in [-0.2, -0.15) is 0 Å². The van der Waals surface area contributed by atoms with Crippen LogP contribution in [0.5, 0.6) is 5.75 Å². The maximum absolute atomic E-state index is 6.91. The van der Waals surface area contributed by atoms with E-state index < -0.39 is 5.60 Å². The molecule has 1 heteroatoms. The van der Waals surface area contributed by atoms with E-state index in [1.54, 1.807) is 0 Å². The number of hydrogen-bond donors (Lipinski definition) is 0. The highest BCUT2D eigenvalue weighted by molar-refractivity contribution is 5.88. The molecule has 128 valence electrons. The topological polar surface area (TPSA) is 9.23 Å². The Kier molecular flexibility index (Phi) is 2.80. The molecule has 6 rings (SSSR count). The summed E-state index contributed by atoms with van der Waals surface area (Å²) in [6, 6.07) is 32.4. The Bertz CT molecular complexity index is 1220. The van der Waals surface area contributed by atoms with Crippen molar-refractivity contribution in [2.75, 3.05) is 0 Å². The number of ether oxygens (including phenoxy) is 1. The summed E-state index contributed by atoms with van der Waals surface area (Å²) >= 11 is 0. The fraction of sp³-hybridized carbons (Fsp3) is 0.0769. The second kappa shape index (κ2) is 5.11. The average molecular weight is 346 g/mol. The monoisotopic (exact) mass is 346 g/mol. The molecule has 1 atom stereocenters. The zero-order valence-electron chi connectivity index (χ0n) is 15.1. The molecule has 4 aromatic rings. The van der Waals surface area contributed by atoms with E-state index in [0.717, 1.165) is 11.3 Å². The summed E-state index contributed by atoms with van der Waals surface area (Å²) in [7, 11) is 0. The normalized spacial score (nSPS) is 18.3. The van der Waals surface area contributed by atoms with Gasteiger partial charge in [-0.15, -0.1) is 0 Å². The van der Waals surface area contributed by atoms with E-state index in [0.29, 0.717) is 0 Å². The SMILES string of the molecule is Cc1ccc2c(c1)C1(Oc3ccccc3-c3ccccc31)c1ccccc1-2. The average Bonchev–Trinajstić information content (AvgIpc) is 2.98. The molecule has 4 aromatic carbocycles. The van der Waals surface area contributed by atoms with Crippen molar-refractivity contribution >= 4 is 0 Å². The minimum absolute atomic E-state index is 0.594. The van der Waals surface area contributed by atoms with Gasteiger partial charge in [-0.1, -0.05) is 90.5 Å². The molecule has 1 heterocycles. The number of rotatable bonds is 0. The molecule has 0 aromatic heterocycles. The molecule has 0 radical (unpaired) electrons. The molecule has 1 aliphatic carbocycles. The molecule has 1 nitrogen and oxygen atoms in total. The first-order valence-electron chi connectivity index (χ1n) is 9.38. The van der Waals surface area contributed by atoms with E-state index in [1.807, 2.05) is 0 Å². The molecule has 0 saturated heterocycles. The standard InChI is InChI=1S/C26H18O/c1-17-14-15-20-18-8-2-5-11-22(18)26(24(20)16-17)23-12-6-3-9-19(23)21-10-4-7-13-25(21)27-26/h2-16H,1H3. The van der Waals surface area contributed by atoms with Crippen LogP contribution in [0, 0.1) is 6.92 Å². The predicted molar refractivity (Wildman–Crippen MR) is 109 cm³/mol. The lowest BCUT2D eigenvalue weighted by Gasteiger charge is -2.39. The largest absolute Gasteiger partial charge is 0.472 e. The van der Waals surface area contributed by atoms with Gasteiger partial charge in [-0.05, 0) is 29.7 Å². The van der Waals surface area contributed by atoms with Crippen LogP contribution >= 0.6 is 0 Å². The van der Waals surface area contributed by atoms with Gasteiger partial charge in [0.25, 0.3) is 0 Å². The molecule has 1 spiro atoms. The van der Waals surface area contributed by atoms with E-state index in [2.05, 4.69) is 97.9 Å². The number of fused-ring (bicyclic) bond motifs is 9. The van der Waals surface area contributed by atoms with E-state index in [4.69, 9.17) is 4.74 Å². The van der Waals surface area contributed by atoms with Crippen LogP contribution in [-0.2, 0) is 5.60 Å². The summed E-state index contributed by atoms with van der Waals surface area (Å²) in [6.07, 6.45) is 0. The van der Waals surface area contributed by atoms with Crippen molar-refractivity contribution in [3.63, 3.8) is 0 Å². The summed E-state index contributed by atoms with van der Waals surface area (Å²) in [6.45, 7) is 2.15. The van der Waals surface area contributed by atoms with Crippen molar-refractivity contribution in [3.05, 3.63) is 113 Å². The second-order valence-electron chi connectivity index (χ2n) is 7.42. The number of aryl methyl sites for hydroxylation is 1. The second-order valence-corrected chi connectivity index (χ2v) is 7.42. The molecule has 0 amide bonds. The summed E-state index contributed by atoms with van der Waals surface area (Å²) in [5, 5.41) is 0. The van der Waals surface area contributed by atoms with Crippen LogP contribution in [0.15, 0.2) is 91.0 Å². The van der Waals surface area contributed by atoms with Crippen molar-refractivity contribution in [2.45, 2.75) is 12.5 Å². The zero-order chi connectivity index (χ0) is 18.0. The fourth-order valence-electron chi connectivity index (χ4n) is 4.78. The summed E-state index contributed by atoms with van der Waals surface area (Å²) in [4.78, 5) is 0. The van der Waals surface area contributed by atoms with Gasteiger partial charge in [-0.3, -0.25) is 0 Å². The van der Waals surface area contributed by atoms with Crippen LogP contribution < -0.4 is 4.74 Å². The number of para-hydroxylation sites is 1. The first-order valence-corrected chi connectivity index (χ1v) is 9.38. The molecule has 1 aliphatic heterocycles. The van der Waals surface area contributed by atoms with E-state index in [-0.39, 0.29) is 0 Å². The molecular weight excluding hydrogens is 328 g/mol. The molecule has 0 fully saturated rings. The van der Waals surface area contributed by atoms with Crippen LogP contribution in [0.25, 0.3) is 22.3 Å². The molecule has 2 aliphatic rings. The maximum atomic E-state index is 6.91. The van der Waals surface area contributed by atoms with Gasteiger partial charge in [0.15, 0.2) is 5.60 Å². The molecule has 0 bridgehead atoms. The molecule has 0 saturated carbocycles. The van der Waals surface area contributed by atoms with Gasteiger partial charge in [0, 0.05) is 22.3 Å².